The Balaban J connectivity index is 1.82. The maximum Gasteiger partial charge on any atom is 0.119 e. The lowest BCUT2D eigenvalue weighted by Gasteiger charge is -2.20. The smallest absolute Gasteiger partial charge is 0.119 e. The van der Waals surface area contributed by atoms with E-state index in [1.54, 1.807) is 7.11 Å². The largest absolute Gasteiger partial charge is 0.497 e. The molecule has 0 heterocycles. The molecule has 1 unspecified atom stereocenters. The van der Waals surface area contributed by atoms with Crippen molar-refractivity contribution in [1.82, 2.24) is 0 Å². The number of methoxy groups -OCH3 is 1. The summed E-state index contributed by atoms with van der Waals surface area (Å²) >= 11 is 3.93. The van der Waals surface area contributed by atoms with Crippen molar-refractivity contribution in [3.63, 3.8) is 0 Å². The number of aryl methyl sites for hydroxylation is 1. The number of ether oxygens (including phenoxy) is 1. The average Bonchev–Trinajstić information content (AvgIpc) is 2.90. The lowest BCUT2D eigenvalue weighted by molar-refractivity contribution is 0.414. The van der Waals surface area contributed by atoms with Crippen LogP contribution in [0.15, 0.2) is 42.5 Å². The summed E-state index contributed by atoms with van der Waals surface area (Å²) < 4.78 is 5.29. The Kier molecular flexibility index (Phi) is 3.84. The lowest BCUT2D eigenvalue weighted by Crippen LogP contribution is -2.09. The first-order valence-electron chi connectivity index (χ1n) is 7.04. The molecular weight excluding hydrogens is 312 g/mol. The molecule has 0 aliphatic heterocycles. The normalized spacial score (nSPS) is 15.9. The van der Waals surface area contributed by atoms with Crippen molar-refractivity contribution in [2.45, 2.75) is 24.6 Å². The minimum absolute atomic E-state index is 0.404. The zero-order valence-electron chi connectivity index (χ0n) is 11.9. The van der Waals surface area contributed by atoms with Gasteiger partial charge in [-0.15, -0.1) is 0 Å². The summed E-state index contributed by atoms with van der Waals surface area (Å²) in [5, 5.41) is 0. The number of hydrogen-bond acceptors (Lipinski definition) is 1. The minimum Gasteiger partial charge on any atom is -0.497 e. The first-order chi connectivity index (χ1) is 9.69. The van der Waals surface area contributed by atoms with E-state index in [9.17, 15) is 0 Å². The zero-order chi connectivity index (χ0) is 14.1. The quantitative estimate of drug-likeness (QED) is 0.730. The highest BCUT2D eigenvalue weighted by molar-refractivity contribution is 9.09. The number of halogens is 1. The number of benzene rings is 2. The Labute approximate surface area is 129 Å². The predicted molar refractivity (Wildman–Crippen MR) is 86.7 cm³/mol. The van der Waals surface area contributed by atoms with Crippen molar-refractivity contribution in [2.24, 2.45) is 5.92 Å². The van der Waals surface area contributed by atoms with Crippen LogP contribution in [0.3, 0.4) is 0 Å². The third-order valence-corrected chi connectivity index (χ3v) is 5.51. The summed E-state index contributed by atoms with van der Waals surface area (Å²) in [6, 6.07) is 15.2. The number of fused-ring (bicyclic) bond motifs is 1. The van der Waals surface area contributed by atoms with Gasteiger partial charge in [0.25, 0.3) is 0 Å². The Hall–Kier alpha value is -1.28. The van der Waals surface area contributed by atoms with E-state index in [0.717, 1.165) is 18.6 Å². The Morgan fingerprint density at radius 1 is 1.10 bits per heavy atom. The summed E-state index contributed by atoms with van der Waals surface area (Å²) in [5.74, 6) is 1.57. The highest BCUT2D eigenvalue weighted by Crippen LogP contribution is 2.41. The predicted octanol–water partition coefficient (Wildman–Crippen LogP) is 4.85. The van der Waals surface area contributed by atoms with Gasteiger partial charge in [0.15, 0.2) is 0 Å². The molecule has 1 aliphatic rings. The van der Waals surface area contributed by atoms with E-state index in [1.165, 1.54) is 22.3 Å². The van der Waals surface area contributed by atoms with E-state index >= 15 is 0 Å². The Morgan fingerprint density at radius 2 is 1.75 bits per heavy atom. The van der Waals surface area contributed by atoms with Gasteiger partial charge in [0.1, 0.15) is 5.75 Å². The average molecular weight is 331 g/mol. The lowest BCUT2D eigenvalue weighted by atomic mass is 9.93. The van der Waals surface area contributed by atoms with Crippen molar-refractivity contribution < 1.29 is 4.74 Å². The molecule has 3 rings (SSSR count). The fraction of sp³-hybridized carbons (Fsp3) is 0.333. The summed E-state index contributed by atoms with van der Waals surface area (Å²) in [6.07, 6.45) is 2.33. The van der Waals surface area contributed by atoms with Gasteiger partial charge in [-0.05, 0) is 60.1 Å². The van der Waals surface area contributed by atoms with Gasteiger partial charge in [-0.3, -0.25) is 0 Å². The highest BCUT2D eigenvalue weighted by Gasteiger charge is 2.28. The van der Waals surface area contributed by atoms with Crippen LogP contribution in [0.2, 0.25) is 0 Å². The van der Waals surface area contributed by atoms with Gasteiger partial charge in [0, 0.05) is 4.83 Å². The second-order valence-corrected chi connectivity index (χ2v) is 6.55. The van der Waals surface area contributed by atoms with Crippen LogP contribution in [-0.4, -0.2) is 7.11 Å². The van der Waals surface area contributed by atoms with E-state index in [2.05, 4.69) is 65.3 Å². The molecule has 0 radical (unpaired) electrons. The van der Waals surface area contributed by atoms with Gasteiger partial charge in [-0.25, -0.2) is 0 Å². The molecule has 2 aromatic rings. The van der Waals surface area contributed by atoms with Crippen LogP contribution < -0.4 is 4.74 Å². The fourth-order valence-corrected chi connectivity index (χ4v) is 4.03. The highest BCUT2D eigenvalue weighted by atomic mass is 79.9. The van der Waals surface area contributed by atoms with Crippen LogP contribution in [-0.2, 0) is 12.8 Å². The number of alkyl halides is 1. The van der Waals surface area contributed by atoms with Crippen LogP contribution in [0.4, 0.5) is 0 Å². The third-order valence-electron chi connectivity index (χ3n) is 4.27. The SMILES string of the molecule is COc1ccc(C(Br)C2Cc3ccccc3C2)c(C)c1. The van der Waals surface area contributed by atoms with Crippen LogP contribution >= 0.6 is 15.9 Å². The second kappa shape index (κ2) is 5.61. The van der Waals surface area contributed by atoms with E-state index in [4.69, 9.17) is 4.74 Å². The molecule has 0 fully saturated rings. The van der Waals surface area contributed by atoms with Gasteiger partial charge in [-0.2, -0.15) is 0 Å². The Morgan fingerprint density at radius 3 is 2.30 bits per heavy atom. The minimum atomic E-state index is 0.404. The van der Waals surface area contributed by atoms with Crippen molar-refractivity contribution in [3.05, 3.63) is 64.7 Å². The third kappa shape index (κ3) is 2.49. The maximum atomic E-state index is 5.29. The van der Waals surface area contributed by atoms with Crippen LogP contribution in [0.1, 0.15) is 27.1 Å². The van der Waals surface area contributed by atoms with Crippen LogP contribution in [0, 0.1) is 12.8 Å². The van der Waals surface area contributed by atoms with Crippen molar-refractivity contribution in [3.8, 4) is 5.75 Å². The van der Waals surface area contributed by atoms with E-state index in [-0.39, 0.29) is 0 Å². The Bertz CT molecular complexity index is 596. The molecule has 2 aromatic carbocycles. The number of hydrogen-bond donors (Lipinski definition) is 0. The van der Waals surface area contributed by atoms with Gasteiger partial charge in [-0.1, -0.05) is 46.3 Å². The van der Waals surface area contributed by atoms with E-state index < -0.39 is 0 Å². The molecule has 0 bridgehead atoms. The van der Waals surface area contributed by atoms with E-state index in [0.29, 0.717) is 10.7 Å². The molecular formula is C18H19BrO. The monoisotopic (exact) mass is 330 g/mol. The summed E-state index contributed by atoms with van der Waals surface area (Å²) in [6.45, 7) is 2.16. The van der Waals surface area contributed by atoms with E-state index in [1.807, 2.05) is 0 Å². The first-order valence-corrected chi connectivity index (χ1v) is 7.96. The zero-order valence-corrected chi connectivity index (χ0v) is 13.5. The molecule has 0 amide bonds. The van der Waals surface area contributed by atoms with Gasteiger partial charge in [0.05, 0.1) is 7.11 Å². The van der Waals surface area contributed by atoms with Gasteiger partial charge < -0.3 is 4.74 Å². The molecule has 0 spiro atoms. The summed E-state index contributed by atoms with van der Waals surface area (Å²) in [7, 11) is 1.72. The molecule has 0 aromatic heterocycles. The molecule has 0 saturated heterocycles. The van der Waals surface area contributed by atoms with Gasteiger partial charge in [0.2, 0.25) is 0 Å². The first kappa shape index (κ1) is 13.7. The second-order valence-electron chi connectivity index (χ2n) is 5.56. The molecule has 20 heavy (non-hydrogen) atoms. The number of rotatable bonds is 3. The molecule has 0 N–H and O–H groups in total. The molecule has 1 aliphatic carbocycles. The van der Waals surface area contributed by atoms with Crippen LogP contribution in [0.5, 0.6) is 5.75 Å². The molecule has 1 nitrogen and oxygen atoms in total. The van der Waals surface area contributed by atoms with Crippen LogP contribution in [0.25, 0.3) is 0 Å². The fourth-order valence-electron chi connectivity index (χ4n) is 3.14. The topological polar surface area (TPSA) is 9.23 Å². The van der Waals surface area contributed by atoms with Crippen molar-refractivity contribution in [1.29, 1.82) is 0 Å². The molecule has 104 valence electrons. The van der Waals surface area contributed by atoms with Crippen molar-refractivity contribution in [2.75, 3.05) is 7.11 Å². The maximum absolute atomic E-state index is 5.29. The molecule has 0 saturated carbocycles. The molecule has 1 atom stereocenters. The van der Waals surface area contributed by atoms with Crippen molar-refractivity contribution >= 4 is 15.9 Å². The molecule has 2 heteroatoms. The summed E-state index contributed by atoms with van der Waals surface area (Å²) in [4.78, 5) is 0.404. The van der Waals surface area contributed by atoms with Gasteiger partial charge >= 0.3 is 0 Å². The standard InChI is InChI=1S/C18H19BrO/c1-12-9-16(20-2)7-8-17(12)18(19)15-10-13-5-3-4-6-14(13)11-15/h3-9,15,18H,10-11H2,1-2H3. The summed E-state index contributed by atoms with van der Waals surface area (Å²) in [5.41, 5.74) is 5.69.